The third-order valence-corrected chi connectivity index (χ3v) is 3.42. The summed E-state index contributed by atoms with van der Waals surface area (Å²) in [6.07, 6.45) is 0. The van der Waals surface area contributed by atoms with Gasteiger partial charge in [-0.1, -0.05) is 24.3 Å². The Hall–Kier alpha value is -2.00. The largest absolute Gasteiger partial charge is 0.507 e. The van der Waals surface area contributed by atoms with Gasteiger partial charge in [0.05, 0.1) is 0 Å². The second-order valence-corrected chi connectivity index (χ2v) is 5.42. The average Bonchev–Trinajstić information content (AvgIpc) is 2.44. The molecule has 0 unspecified atom stereocenters. The van der Waals surface area contributed by atoms with Gasteiger partial charge in [-0.05, 0) is 55.2 Å². The average molecular weight is 285 g/mol. The lowest BCUT2D eigenvalue weighted by molar-refractivity contribution is 0.313. The lowest BCUT2D eigenvalue weighted by Gasteiger charge is -2.10. The van der Waals surface area contributed by atoms with Crippen molar-refractivity contribution in [2.45, 2.75) is 27.3 Å². The Labute approximate surface area is 126 Å². The fourth-order valence-electron chi connectivity index (χ4n) is 2.33. The predicted octanol–water partition coefficient (Wildman–Crippen LogP) is 3.49. The van der Waals surface area contributed by atoms with Crippen LogP contribution in [0.4, 0.5) is 0 Å². The summed E-state index contributed by atoms with van der Waals surface area (Å²) in [5.74, 6) is 1.30. The maximum absolute atomic E-state index is 9.75. The molecule has 0 aliphatic carbocycles. The molecule has 0 bridgehead atoms. The minimum Gasteiger partial charge on any atom is -0.507 e. The molecule has 2 N–H and O–H groups in total. The second kappa shape index (κ2) is 7.14. The van der Waals surface area contributed by atoms with Crippen LogP contribution in [0.1, 0.15) is 22.3 Å². The van der Waals surface area contributed by atoms with Gasteiger partial charge in [0, 0.05) is 13.1 Å². The van der Waals surface area contributed by atoms with Crippen LogP contribution in [0.25, 0.3) is 0 Å². The van der Waals surface area contributed by atoms with Crippen molar-refractivity contribution in [3.63, 3.8) is 0 Å². The molecule has 2 aromatic rings. The van der Waals surface area contributed by atoms with E-state index in [0.717, 1.165) is 30.0 Å². The molecular formula is C18H23NO2. The van der Waals surface area contributed by atoms with Crippen LogP contribution in [0.3, 0.4) is 0 Å². The molecule has 2 rings (SSSR count). The van der Waals surface area contributed by atoms with E-state index in [9.17, 15) is 5.11 Å². The quantitative estimate of drug-likeness (QED) is 0.798. The number of hydrogen-bond acceptors (Lipinski definition) is 3. The van der Waals surface area contributed by atoms with Gasteiger partial charge in [-0.15, -0.1) is 0 Å². The standard InChI is InChI=1S/C18H23NO2/c1-13-5-4-6-17(9-13)21-8-7-19-12-16-10-14(2)18(20)15(3)11-16/h4-6,9-11,19-20H,7-8,12H2,1-3H3. The van der Waals surface area contributed by atoms with Gasteiger partial charge in [0.15, 0.2) is 0 Å². The molecule has 0 amide bonds. The lowest BCUT2D eigenvalue weighted by atomic mass is 10.1. The van der Waals surface area contributed by atoms with E-state index in [4.69, 9.17) is 4.74 Å². The van der Waals surface area contributed by atoms with E-state index in [1.54, 1.807) is 0 Å². The third kappa shape index (κ3) is 4.50. The van der Waals surface area contributed by atoms with Gasteiger partial charge in [-0.2, -0.15) is 0 Å². The molecular weight excluding hydrogens is 262 g/mol. The summed E-state index contributed by atoms with van der Waals surface area (Å²) in [6, 6.07) is 12.1. The Kier molecular flexibility index (Phi) is 5.23. The Balaban J connectivity index is 1.75. The lowest BCUT2D eigenvalue weighted by Crippen LogP contribution is -2.20. The van der Waals surface area contributed by atoms with Crippen molar-refractivity contribution in [2.75, 3.05) is 13.2 Å². The summed E-state index contributed by atoms with van der Waals surface area (Å²) in [5, 5.41) is 13.1. The molecule has 0 aromatic heterocycles. The molecule has 0 aliphatic heterocycles. The van der Waals surface area contributed by atoms with Crippen LogP contribution < -0.4 is 10.1 Å². The molecule has 0 spiro atoms. The van der Waals surface area contributed by atoms with E-state index in [1.807, 2.05) is 44.2 Å². The number of benzene rings is 2. The summed E-state index contributed by atoms with van der Waals surface area (Å²) >= 11 is 0. The Morgan fingerprint density at radius 3 is 2.43 bits per heavy atom. The minimum atomic E-state index is 0.390. The van der Waals surface area contributed by atoms with Crippen LogP contribution in [0, 0.1) is 20.8 Å². The first kappa shape index (κ1) is 15.4. The van der Waals surface area contributed by atoms with Gasteiger partial charge < -0.3 is 15.2 Å². The van der Waals surface area contributed by atoms with Crippen molar-refractivity contribution in [2.24, 2.45) is 0 Å². The summed E-state index contributed by atoms with van der Waals surface area (Å²) in [7, 11) is 0. The van der Waals surface area contributed by atoms with Crippen LogP contribution in [0.15, 0.2) is 36.4 Å². The van der Waals surface area contributed by atoms with Gasteiger partial charge in [0.25, 0.3) is 0 Å². The van der Waals surface area contributed by atoms with Crippen molar-refractivity contribution < 1.29 is 9.84 Å². The highest BCUT2D eigenvalue weighted by molar-refractivity contribution is 5.42. The van der Waals surface area contributed by atoms with E-state index in [1.165, 1.54) is 11.1 Å². The first-order valence-electron chi connectivity index (χ1n) is 7.25. The van der Waals surface area contributed by atoms with Crippen molar-refractivity contribution in [1.82, 2.24) is 5.32 Å². The molecule has 3 heteroatoms. The number of hydrogen-bond donors (Lipinski definition) is 2. The van der Waals surface area contributed by atoms with Gasteiger partial charge in [0.2, 0.25) is 0 Å². The first-order chi connectivity index (χ1) is 10.1. The minimum absolute atomic E-state index is 0.390. The van der Waals surface area contributed by atoms with Crippen LogP contribution in [0.2, 0.25) is 0 Å². The van der Waals surface area contributed by atoms with Gasteiger partial charge >= 0.3 is 0 Å². The molecule has 2 aromatic carbocycles. The van der Waals surface area contributed by atoms with Crippen molar-refractivity contribution in [3.8, 4) is 11.5 Å². The smallest absolute Gasteiger partial charge is 0.121 e. The van der Waals surface area contributed by atoms with Crippen molar-refractivity contribution in [1.29, 1.82) is 0 Å². The fourth-order valence-corrected chi connectivity index (χ4v) is 2.33. The molecule has 112 valence electrons. The SMILES string of the molecule is Cc1cccc(OCCNCc2cc(C)c(O)c(C)c2)c1. The number of phenolic OH excluding ortho intramolecular Hbond substituents is 1. The predicted molar refractivity (Wildman–Crippen MR) is 86.0 cm³/mol. The number of aromatic hydroxyl groups is 1. The van der Waals surface area contributed by atoms with Crippen LogP contribution >= 0.6 is 0 Å². The highest BCUT2D eigenvalue weighted by Gasteiger charge is 2.03. The second-order valence-electron chi connectivity index (χ2n) is 5.42. The molecule has 3 nitrogen and oxygen atoms in total. The monoisotopic (exact) mass is 285 g/mol. The topological polar surface area (TPSA) is 41.5 Å². The Morgan fingerprint density at radius 1 is 1.05 bits per heavy atom. The van der Waals surface area contributed by atoms with Crippen LogP contribution in [0.5, 0.6) is 11.5 Å². The zero-order valence-corrected chi connectivity index (χ0v) is 12.9. The molecule has 0 atom stereocenters. The Bertz CT molecular complexity index is 585. The highest BCUT2D eigenvalue weighted by Crippen LogP contribution is 2.22. The molecule has 0 heterocycles. The van der Waals surface area contributed by atoms with E-state index in [0.29, 0.717) is 12.4 Å². The number of ether oxygens (including phenoxy) is 1. The summed E-state index contributed by atoms with van der Waals surface area (Å²) < 4.78 is 5.69. The van der Waals surface area contributed by atoms with Crippen molar-refractivity contribution >= 4 is 0 Å². The maximum Gasteiger partial charge on any atom is 0.121 e. The summed E-state index contributed by atoms with van der Waals surface area (Å²) in [4.78, 5) is 0. The summed E-state index contributed by atoms with van der Waals surface area (Å²) in [6.45, 7) is 8.10. The molecule has 0 radical (unpaired) electrons. The zero-order valence-electron chi connectivity index (χ0n) is 12.9. The molecule has 21 heavy (non-hydrogen) atoms. The van der Waals surface area contributed by atoms with Crippen LogP contribution in [-0.4, -0.2) is 18.3 Å². The van der Waals surface area contributed by atoms with E-state index >= 15 is 0 Å². The summed E-state index contributed by atoms with van der Waals surface area (Å²) in [5.41, 5.74) is 4.22. The Morgan fingerprint density at radius 2 is 1.76 bits per heavy atom. The molecule has 0 saturated carbocycles. The first-order valence-corrected chi connectivity index (χ1v) is 7.25. The van der Waals surface area contributed by atoms with Gasteiger partial charge in [-0.3, -0.25) is 0 Å². The van der Waals surface area contributed by atoms with E-state index in [-0.39, 0.29) is 0 Å². The van der Waals surface area contributed by atoms with E-state index < -0.39 is 0 Å². The highest BCUT2D eigenvalue weighted by atomic mass is 16.5. The molecule has 0 saturated heterocycles. The van der Waals surface area contributed by atoms with Gasteiger partial charge in [0.1, 0.15) is 18.1 Å². The van der Waals surface area contributed by atoms with Crippen LogP contribution in [-0.2, 0) is 6.54 Å². The number of aryl methyl sites for hydroxylation is 3. The number of phenols is 1. The zero-order chi connectivity index (χ0) is 15.2. The maximum atomic E-state index is 9.75. The third-order valence-electron chi connectivity index (χ3n) is 3.42. The van der Waals surface area contributed by atoms with Crippen molar-refractivity contribution in [3.05, 3.63) is 58.7 Å². The normalized spacial score (nSPS) is 10.6. The molecule has 0 fully saturated rings. The fraction of sp³-hybridized carbons (Fsp3) is 0.333. The number of nitrogens with one attached hydrogen (secondary N) is 1. The molecule has 0 aliphatic rings. The van der Waals surface area contributed by atoms with Gasteiger partial charge in [-0.25, -0.2) is 0 Å². The van der Waals surface area contributed by atoms with E-state index in [2.05, 4.69) is 18.3 Å². The number of rotatable bonds is 6.